The van der Waals surface area contributed by atoms with Gasteiger partial charge in [0, 0.05) is 29.2 Å². The van der Waals surface area contributed by atoms with Crippen LogP contribution in [-0.2, 0) is 19.2 Å². The molecule has 1 aromatic heterocycles. The molecule has 0 saturated carbocycles. The number of rotatable bonds is 4. The minimum atomic E-state index is -4.53. The van der Waals surface area contributed by atoms with E-state index in [9.17, 15) is 13.2 Å². The number of aromatic nitrogens is 1. The highest BCUT2D eigenvalue weighted by atomic mass is 35.5. The summed E-state index contributed by atoms with van der Waals surface area (Å²) in [4.78, 5) is 6.53. The molecule has 1 aliphatic rings. The summed E-state index contributed by atoms with van der Waals surface area (Å²) in [6.07, 6.45) is -3.99. The van der Waals surface area contributed by atoms with Crippen molar-refractivity contribution in [2.45, 2.75) is 52.1 Å². The summed E-state index contributed by atoms with van der Waals surface area (Å²) in [5.41, 5.74) is 1.07. The monoisotopic (exact) mass is 398 g/mol. The van der Waals surface area contributed by atoms with Gasteiger partial charge in [0.15, 0.2) is 0 Å². The first-order valence-electron chi connectivity index (χ1n) is 8.91. The average molecular weight is 399 g/mol. The Morgan fingerprint density at radius 3 is 2.63 bits per heavy atom. The topological polar surface area (TPSA) is 25.4 Å². The SMILES string of the molecule is CC(C)N1CCc2cc(C(F)(F)F)c(OCc3ccccc3Cl)nc2[C@@H]1C. The Balaban J connectivity index is 1.97. The fourth-order valence-corrected chi connectivity index (χ4v) is 3.68. The van der Waals surface area contributed by atoms with Crippen LogP contribution in [0.15, 0.2) is 30.3 Å². The first-order valence-corrected chi connectivity index (χ1v) is 9.29. The van der Waals surface area contributed by atoms with Crippen LogP contribution >= 0.6 is 11.6 Å². The van der Waals surface area contributed by atoms with Gasteiger partial charge < -0.3 is 4.74 Å². The molecule has 7 heteroatoms. The first-order chi connectivity index (χ1) is 12.7. The lowest BCUT2D eigenvalue weighted by atomic mass is 9.96. The predicted molar refractivity (Wildman–Crippen MR) is 99.0 cm³/mol. The molecule has 0 N–H and O–H groups in total. The van der Waals surface area contributed by atoms with Crippen LogP contribution in [0.3, 0.4) is 0 Å². The minimum Gasteiger partial charge on any atom is -0.472 e. The van der Waals surface area contributed by atoms with Crippen molar-refractivity contribution < 1.29 is 17.9 Å². The van der Waals surface area contributed by atoms with E-state index in [4.69, 9.17) is 16.3 Å². The largest absolute Gasteiger partial charge is 0.472 e. The van der Waals surface area contributed by atoms with Crippen molar-refractivity contribution in [3.05, 3.63) is 57.7 Å². The molecule has 1 aliphatic heterocycles. The molecule has 0 saturated heterocycles. The maximum atomic E-state index is 13.6. The molecule has 0 amide bonds. The molecule has 27 heavy (non-hydrogen) atoms. The van der Waals surface area contributed by atoms with Crippen LogP contribution in [0.25, 0.3) is 0 Å². The Morgan fingerprint density at radius 1 is 1.30 bits per heavy atom. The molecule has 0 aliphatic carbocycles. The summed E-state index contributed by atoms with van der Waals surface area (Å²) in [5.74, 6) is -0.390. The molecule has 0 spiro atoms. The lowest BCUT2D eigenvalue weighted by molar-refractivity contribution is -0.139. The van der Waals surface area contributed by atoms with Crippen molar-refractivity contribution in [1.29, 1.82) is 0 Å². The third-order valence-corrected chi connectivity index (χ3v) is 5.29. The molecular formula is C20H22ClF3N2O. The van der Waals surface area contributed by atoms with Gasteiger partial charge in [0.1, 0.15) is 12.2 Å². The summed E-state index contributed by atoms with van der Waals surface area (Å²) in [6, 6.07) is 8.32. The number of nitrogens with zero attached hydrogens (tertiary/aromatic N) is 2. The molecule has 146 valence electrons. The smallest absolute Gasteiger partial charge is 0.421 e. The zero-order valence-corrected chi connectivity index (χ0v) is 16.2. The number of hydrogen-bond donors (Lipinski definition) is 0. The number of halogens is 4. The normalized spacial score (nSPS) is 17.9. The third kappa shape index (κ3) is 4.22. The van der Waals surface area contributed by atoms with Gasteiger partial charge in [-0.15, -0.1) is 0 Å². The number of pyridine rings is 1. The van der Waals surface area contributed by atoms with Gasteiger partial charge in [0.2, 0.25) is 5.88 Å². The molecule has 2 heterocycles. The molecule has 0 fully saturated rings. The van der Waals surface area contributed by atoms with Gasteiger partial charge in [0.25, 0.3) is 0 Å². The summed E-state index contributed by atoms with van der Waals surface area (Å²) in [5, 5.41) is 0.448. The fourth-order valence-electron chi connectivity index (χ4n) is 3.49. The first kappa shape index (κ1) is 20.0. The zero-order valence-electron chi connectivity index (χ0n) is 15.5. The van der Waals surface area contributed by atoms with Crippen LogP contribution in [0.4, 0.5) is 13.2 Å². The van der Waals surface area contributed by atoms with Gasteiger partial charge in [-0.2, -0.15) is 13.2 Å². The van der Waals surface area contributed by atoms with Gasteiger partial charge >= 0.3 is 6.18 Å². The standard InChI is InChI=1S/C20H22ClF3N2O/c1-12(2)26-9-8-14-10-16(20(22,23)24)19(25-18(14)13(26)3)27-11-15-6-4-5-7-17(15)21/h4-7,10,12-13H,8-9,11H2,1-3H3/t13-/m0/s1. The Hall–Kier alpha value is -1.79. The lowest BCUT2D eigenvalue weighted by Crippen LogP contribution is -2.39. The molecule has 1 aromatic carbocycles. The minimum absolute atomic E-state index is 0.0707. The van der Waals surface area contributed by atoms with E-state index < -0.39 is 17.6 Å². The molecule has 0 radical (unpaired) electrons. The number of hydrogen-bond acceptors (Lipinski definition) is 3. The molecule has 3 rings (SSSR count). The predicted octanol–water partition coefficient (Wildman–Crippen LogP) is 5.66. The van der Waals surface area contributed by atoms with Crippen molar-refractivity contribution in [2.75, 3.05) is 6.54 Å². The summed E-state index contributed by atoms with van der Waals surface area (Å²) >= 11 is 6.08. The zero-order chi connectivity index (χ0) is 19.8. The maximum absolute atomic E-state index is 13.6. The second-order valence-corrected chi connectivity index (χ2v) is 7.43. The summed E-state index contributed by atoms with van der Waals surface area (Å²) < 4.78 is 46.2. The Kier molecular flexibility index (Phi) is 5.68. The lowest BCUT2D eigenvalue weighted by Gasteiger charge is -2.37. The van der Waals surface area contributed by atoms with E-state index in [-0.39, 0.29) is 18.7 Å². The van der Waals surface area contributed by atoms with Crippen molar-refractivity contribution >= 4 is 11.6 Å². The average Bonchev–Trinajstić information content (AvgIpc) is 2.60. The van der Waals surface area contributed by atoms with Gasteiger partial charge in [-0.25, -0.2) is 4.98 Å². The molecule has 3 nitrogen and oxygen atoms in total. The number of alkyl halides is 3. The van der Waals surface area contributed by atoms with Crippen LogP contribution in [0, 0.1) is 0 Å². The number of ether oxygens (including phenoxy) is 1. The van der Waals surface area contributed by atoms with E-state index in [2.05, 4.69) is 23.7 Å². The van der Waals surface area contributed by atoms with E-state index in [0.717, 1.165) is 0 Å². The Morgan fingerprint density at radius 2 is 2.00 bits per heavy atom. The number of benzene rings is 1. The summed E-state index contributed by atoms with van der Waals surface area (Å²) in [7, 11) is 0. The van der Waals surface area contributed by atoms with Crippen LogP contribution in [0.1, 0.15) is 49.2 Å². The van der Waals surface area contributed by atoms with Crippen molar-refractivity contribution in [2.24, 2.45) is 0 Å². The van der Waals surface area contributed by atoms with E-state index in [0.29, 0.717) is 34.8 Å². The molecule has 1 atom stereocenters. The molecule has 2 aromatic rings. The van der Waals surface area contributed by atoms with E-state index >= 15 is 0 Å². The summed E-state index contributed by atoms with van der Waals surface area (Å²) in [6.45, 7) is 6.75. The van der Waals surface area contributed by atoms with Crippen LogP contribution < -0.4 is 4.74 Å². The van der Waals surface area contributed by atoms with E-state index in [1.54, 1.807) is 24.3 Å². The number of fused-ring (bicyclic) bond motifs is 1. The quantitative estimate of drug-likeness (QED) is 0.664. The maximum Gasteiger partial charge on any atom is 0.421 e. The van der Waals surface area contributed by atoms with E-state index in [1.807, 2.05) is 6.92 Å². The van der Waals surface area contributed by atoms with Crippen LogP contribution in [-0.4, -0.2) is 22.5 Å². The second-order valence-electron chi connectivity index (χ2n) is 7.02. The Bertz CT molecular complexity index is 823. The highest BCUT2D eigenvalue weighted by Crippen LogP contribution is 2.40. The van der Waals surface area contributed by atoms with Gasteiger partial charge in [-0.3, -0.25) is 4.90 Å². The van der Waals surface area contributed by atoms with Crippen molar-refractivity contribution in [1.82, 2.24) is 9.88 Å². The van der Waals surface area contributed by atoms with Crippen molar-refractivity contribution in [3.63, 3.8) is 0 Å². The van der Waals surface area contributed by atoms with Crippen LogP contribution in [0.2, 0.25) is 5.02 Å². The third-order valence-electron chi connectivity index (χ3n) is 4.92. The second kappa shape index (κ2) is 7.68. The van der Waals surface area contributed by atoms with Crippen molar-refractivity contribution in [3.8, 4) is 5.88 Å². The van der Waals surface area contributed by atoms with Gasteiger partial charge in [-0.05, 0) is 44.9 Å². The fraction of sp³-hybridized carbons (Fsp3) is 0.450. The Labute approximate surface area is 162 Å². The molecule has 0 bridgehead atoms. The highest BCUT2D eigenvalue weighted by molar-refractivity contribution is 6.31. The molecule has 0 unspecified atom stereocenters. The van der Waals surface area contributed by atoms with Crippen LogP contribution in [0.5, 0.6) is 5.88 Å². The van der Waals surface area contributed by atoms with Gasteiger partial charge in [-0.1, -0.05) is 29.8 Å². The van der Waals surface area contributed by atoms with E-state index in [1.165, 1.54) is 6.07 Å². The van der Waals surface area contributed by atoms with Gasteiger partial charge in [0.05, 0.1) is 5.69 Å². The molecular weight excluding hydrogens is 377 g/mol. The highest BCUT2D eigenvalue weighted by Gasteiger charge is 2.38.